The van der Waals surface area contributed by atoms with Crippen LogP contribution in [-0.4, -0.2) is 63.7 Å². The maximum atomic E-state index is 12.0. The zero-order chi connectivity index (χ0) is 18.1. The van der Waals surface area contributed by atoms with E-state index in [1.807, 2.05) is 11.9 Å². The topological polar surface area (TPSA) is 66.0 Å². The van der Waals surface area contributed by atoms with E-state index in [2.05, 4.69) is 15.6 Å². The van der Waals surface area contributed by atoms with Gasteiger partial charge in [0.05, 0.1) is 6.61 Å². The first kappa shape index (κ1) is 23.0. The van der Waals surface area contributed by atoms with Crippen LogP contribution in [0.15, 0.2) is 29.3 Å². The smallest absolute Gasteiger partial charge is 0.251 e. The van der Waals surface area contributed by atoms with Crippen LogP contribution in [0.4, 0.5) is 0 Å². The van der Waals surface area contributed by atoms with E-state index >= 15 is 0 Å². The number of amides is 1. The summed E-state index contributed by atoms with van der Waals surface area (Å²) < 4.78 is 5.65. The van der Waals surface area contributed by atoms with Crippen LogP contribution >= 0.6 is 35.6 Å². The van der Waals surface area contributed by atoms with Crippen molar-refractivity contribution in [1.82, 2.24) is 15.5 Å². The molecular weight excluding hydrogens is 467 g/mol. The molecule has 0 atom stereocenters. The average molecular weight is 495 g/mol. The normalized spacial score (nSPS) is 13.7. The summed E-state index contributed by atoms with van der Waals surface area (Å²) in [6.07, 6.45) is 2.61. The largest absolute Gasteiger partial charge is 0.379 e. The minimum atomic E-state index is -0.115. The van der Waals surface area contributed by atoms with Crippen LogP contribution in [0.2, 0.25) is 5.02 Å². The monoisotopic (exact) mass is 494 g/mol. The summed E-state index contributed by atoms with van der Waals surface area (Å²) in [7, 11) is 3.72. The molecule has 0 unspecified atom stereocenters. The van der Waals surface area contributed by atoms with Gasteiger partial charge in [-0.25, -0.2) is 0 Å². The predicted octanol–water partition coefficient (Wildman–Crippen LogP) is 2.62. The summed E-state index contributed by atoms with van der Waals surface area (Å²) in [6.45, 7) is 3.45. The lowest BCUT2D eigenvalue weighted by Gasteiger charge is -2.22. The first-order valence-corrected chi connectivity index (χ1v) is 9.01. The molecule has 0 bridgehead atoms. The van der Waals surface area contributed by atoms with E-state index in [9.17, 15) is 4.79 Å². The van der Waals surface area contributed by atoms with Crippen molar-refractivity contribution in [3.8, 4) is 0 Å². The van der Waals surface area contributed by atoms with Gasteiger partial charge in [-0.1, -0.05) is 11.6 Å². The standard InChI is InChI=1S/C18H27ClN4O2.HI/c1-20-18(23(2)11-12-25-13-14-3-4-14)22-10-9-21-17(24)15-5-7-16(19)8-6-15;/h5-8,14H,3-4,9-13H2,1-2H3,(H,20,22)(H,21,24);1H. The van der Waals surface area contributed by atoms with E-state index in [1.165, 1.54) is 12.8 Å². The first-order valence-electron chi connectivity index (χ1n) is 8.63. The fourth-order valence-corrected chi connectivity index (χ4v) is 2.41. The van der Waals surface area contributed by atoms with Crippen molar-refractivity contribution in [2.75, 3.05) is 46.9 Å². The molecule has 2 rings (SSSR count). The van der Waals surface area contributed by atoms with Gasteiger partial charge in [0.25, 0.3) is 5.91 Å². The van der Waals surface area contributed by atoms with Crippen LogP contribution in [0.3, 0.4) is 0 Å². The van der Waals surface area contributed by atoms with E-state index in [1.54, 1.807) is 31.3 Å². The molecule has 6 nitrogen and oxygen atoms in total. The van der Waals surface area contributed by atoms with E-state index in [0.717, 1.165) is 25.0 Å². The van der Waals surface area contributed by atoms with Crippen molar-refractivity contribution >= 4 is 47.4 Å². The number of halogens is 2. The highest BCUT2D eigenvalue weighted by molar-refractivity contribution is 14.0. The number of hydrogen-bond donors (Lipinski definition) is 2. The van der Waals surface area contributed by atoms with Gasteiger partial charge in [-0.15, -0.1) is 24.0 Å². The number of likely N-dealkylation sites (N-methyl/N-ethyl adjacent to an activating group) is 1. The Morgan fingerprint density at radius 2 is 1.92 bits per heavy atom. The van der Waals surface area contributed by atoms with E-state index in [-0.39, 0.29) is 29.9 Å². The molecule has 0 aliphatic heterocycles. The molecule has 2 N–H and O–H groups in total. The van der Waals surface area contributed by atoms with Gasteiger partial charge in [0.1, 0.15) is 0 Å². The second-order valence-corrected chi connectivity index (χ2v) is 6.61. The molecule has 0 aromatic heterocycles. The highest BCUT2D eigenvalue weighted by atomic mass is 127. The lowest BCUT2D eigenvalue weighted by molar-refractivity contribution is 0.0954. The molecule has 1 fully saturated rings. The van der Waals surface area contributed by atoms with Gasteiger partial charge in [0.15, 0.2) is 5.96 Å². The summed E-state index contributed by atoms with van der Waals surface area (Å²) in [4.78, 5) is 18.3. The molecule has 26 heavy (non-hydrogen) atoms. The third-order valence-corrected chi connectivity index (χ3v) is 4.25. The number of guanidine groups is 1. The maximum absolute atomic E-state index is 12.0. The second-order valence-electron chi connectivity index (χ2n) is 6.18. The Balaban J connectivity index is 0.00000338. The molecule has 1 saturated carbocycles. The van der Waals surface area contributed by atoms with Crippen LogP contribution in [-0.2, 0) is 4.74 Å². The minimum absolute atomic E-state index is 0. The molecule has 8 heteroatoms. The number of hydrogen-bond acceptors (Lipinski definition) is 3. The lowest BCUT2D eigenvalue weighted by Crippen LogP contribution is -2.43. The molecule has 1 aliphatic carbocycles. The number of nitrogens with one attached hydrogen (secondary N) is 2. The van der Waals surface area contributed by atoms with Gasteiger partial charge >= 0.3 is 0 Å². The summed E-state index contributed by atoms with van der Waals surface area (Å²) in [6, 6.07) is 6.83. The van der Waals surface area contributed by atoms with E-state index in [4.69, 9.17) is 16.3 Å². The number of ether oxygens (including phenoxy) is 1. The number of benzene rings is 1. The summed E-state index contributed by atoms with van der Waals surface area (Å²) in [5.41, 5.74) is 0.596. The third-order valence-electron chi connectivity index (χ3n) is 3.99. The molecule has 1 aromatic carbocycles. The van der Waals surface area contributed by atoms with Crippen molar-refractivity contribution in [2.24, 2.45) is 10.9 Å². The van der Waals surface area contributed by atoms with E-state index < -0.39 is 0 Å². The summed E-state index contributed by atoms with van der Waals surface area (Å²) in [5, 5.41) is 6.71. The molecule has 1 aliphatic rings. The molecular formula is C18H28ClIN4O2. The van der Waals surface area contributed by atoms with E-state index in [0.29, 0.717) is 30.3 Å². The number of nitrogens with zero attached hydrogens (tertiary/aromatic N) is 2. The number of carbonyl (C=O) groups excluding carboxylic acids is 1. The Bertz CT molecular complexity index is 579. The van der Waals surface area contributed by atoms with Crippen molar-refractivity contribution in [1.29, 1.82) is 0 Å². The molecule has 146 valence electrons. The Kier molecular flexibility index (Phi) is 10.9. The van der Waals surface area contributed by atoms with Crippen molar-refractivity contribution in [2.45, 2.75) is 12.8 Å². The number of carbonyl (C=O) groups is 1. The molecule has 0 radical (unpaired) electrons. The maximum Gasteiger partial charge on any atom is 0.251 e. The zero-order valence-electron chi connectivity index (χ0n) is 15.3. The SMILES string of the molecule is CN=C(NCCNC(=O)c1ccc(Cl)cc1)N(C)CCOCC1CC1.I. The Labute approximate surface area is 177 Å². The van der Waals surface area contributed by atoms with Gasteiger partial charge in [-0.2, -0.15) is 0 Å². The fourth-order valence-electron chi connectivity index (χ4n) is 2.28. The number of aliphatic imine (C=N–C) groups is 1. The molecule has 0 saturated heterocycles. The van der Waals surface area contributed by atoms with Crippen molar-refractivity contribution < 1.29 is 9.53 Å². The first-order chi connectivity index (χ1) is 12.1. The third kappa shape index (κ3) is 8.55. The Hall–Kier alpha value is -1.06. The quantitative estimate of drug-likeness (QED) is 0.240. The van der Waals surface area contributed by atoms with Gasteiger partial charge in [-0.05, 0) is 43.0 Å². The Morgan fingerprint density at radius 1 is 1.27 bits per heavy atom. The average Bonchev–Trinajstić information content (AvgIpc) is 3.43. The number of rotatable bonds is 9. The zero-order valence-corrected chi connectivity index (χ0v) is 18.4. The summed E-state index contributed by atoms with van der Waals surface area (Å²) >= 11 is 5.82. The molecule has 0 spiro atoms. The molecule has 0 heterocycles. The van der Waals surface area contributed by atoms with Gasteiger partial charge in [0, 0.05) is 50.9 Å². The lowest BCUT2D eigenvalue weighted by atomic mass is 10.2. The molecule has 1 amide bonds. The highest BCUT2D eigenvalue weighted by Gasteiger charge is 2.21. The van der Waals surface area contributed by atoms with Gasteiger partial charge in [-0.3, -0.25) is 9.79 Å². The van der Waals surface area contributed by atoms with Crippen LogP contribution in [0.1, 0.15) is 23.2 Å². The van der Waals surface area contributed by atoms with Crippen LogP contribution in [0, 0.1) is 5.92 Å². The summed E-state index contributed by atoms with van der Waals surface area (Å²) in [5.74, 6) is 1.46. The minimum Gasteiger partial charge on any atom is -0.379 e. The van der Waals surface area contributed by atoms with Crippen molar-refractivity contribution in [3.63, 3.8) is 0 Å². The highest BCUT2D eigenvalue weighted by Crippen LogP contribution is 2.28. The Morgan fingerprint density at radius 3 is 2.54 bits per heavy atom. The molecule has 1 aromatic rings. The van der Waals surface area contributed by atoms with Gasteiger partial charge in [0.2, 0.25) is 0 Å². The van der Waals surface area contributed by atoms with Crippen LogP contribution < -0.4 is 10.6 Å². The van der Waals surface area contributed by atoms with Crippen LogP contribution in [0.25, 0.3) is 0 Å². The van der Waals surface area contributed by atoms with Gasteiger partial charge < -0.3 is 20.3 Å². The van der Waals surface area contributed by atoms with Crippen molar-refractivity contribution in [3.05, 3.63) is 34.9 Å². The second kappa shape index (κ2) is 12.3. The predicted molar refractivity (Wildman–Crippen MR) is 117 cm³/mol. The fraction of sp³-hybridized carbons (Fsp3) is 0.556. The van der Waals surface area contributed by atoms with Crippen LogP contribution in [0.5, 0.6) is 0 Å².